The van der Waals surface area contributed by atoms with Crippen molar-refractivity contribution >= 4 is 90.0 Å². The van der Waals surface area contributed by atoms with Gasteiger partial charge in [0.15, 0.2) is 0 Å². The fourth-order valence-electron chi connectivity index (χ4n) is 12.8. The van der Waals surface area contributed by atoms with Gasteiger partial charge in [-0.1, -0.05) is 208 Å². The molecule has 0 aliphatic carbocycles. The second kappa shape index (κ2) is 39.6. The molecule has 18 nitrogen and oxygen atoms in total. The largest absolute Gasteiger partial charge is 0.351 e. The molecule has 0 saturated carbocycles. The van der Waals surface area contributed by atoms with Gasteiger partial charge in [0.25, 0.3) is 0 Å². The number of para-hydroxylation sites is 2. The van der Waals surface area contributed by atoms with E-state index >= 15 is 0 Å². The summed E-state index contributed by atoms with van der Waals surface area (Å²) in [6.07, 6.45) is 22.7. The highest BCUT2D eigenvalue weighted by atomic mass is 17.0. The number of hydrogen-bond acceptors (Lipinski definition) is 10. The van der Waals surface area contributed by atoms with E-state index in [1.165, 1.54) is 73.4 Å². The number of carbonyl (C=O) groups is 4. The van der Waals surface area contributed by atoms with Crippen molar-refractivity contribution < 1.29 is 38.5 Å². The van der Waals surface area contributed by atoms with Gasteiger partial charge in [-0.15, -0.1) is 0 Å². The van der Waals surface area contributed by atoms with Crippen LogP contribution in [0.4, 0.5) is 41.9 Å². The first kappa shape index (κ1) is 75.9. The van der Waals surface area contributed by atoms with Crippen molar-refractivity contribution in [1.82, 2.24) is 20.3 Å². The molecule has 9 rings (SSSR count). The molecule has 0 aliphatic rings. The van der Waals surface area contributed by atoms with Crippen LogP contribution in [0, 0.1) is 22.7 Å². The van der Waals surface area contributed by atoms with Crippen LogP contribution in [0.15, 0.2) is 158 Å². The first-order chi connectivity index (χ1) is 47.7. The van der Waals surface area contributed by atoms with Crippen LogP contribution in [-0.4, -0.2) is 50.6 Å². The number of unbranched alkanes of at least 4 members (excludes halogenated alkanes) is 12. The van der Waals surface area contributed by atoms with Crippen LogP contribution in [0.25, 0.3) is 43.1 Å². The van der Waals surface area contributed by atoms with E-state index in [0.717, 1.165) is 161 Å². The number of nitriles is 2. The number of nitrogens with zero attached hydrogens (tertiary/aromatic N) is 4. The van der Waals surface area contributed by atoms with Gasteiger partial charge in [-0.05, 0) is 125 Å². The van der Waals surface area contributed by atoms with Crippen LogP contribution in [0.3, 0.4) is 0 Å². The zero-order valence-corrected chi connectivity index (χ0v) is 57.8. The summed E-state index contributed by atoms with van der Waals surface area (Å²) in [4.78, 5) is 65.9. The Labute approximate surface area is 578 Å². The second-order valence-corrected chi connectivity index (χ2v) is 24.6. The maximum absolute atomic E-state index is 11.6. The fourth-order valence-corrected chi connectivity index (χ4v) is 12.8. The maximum Gasteiger partial charge on any atom is 0.320 e. The number of benzene rings is 9. The van der Waals surface area contributed by atoms with Crippen molar-refractivity contribution in [1.29, 1.82) is 10.5 Å². The lowest BCUT2D eigenvalue weighted by Crippen LogP contribution is -2.44. The van der Waals surface area contributed by atoms with Crippen molar-refractivity contribution in [3.8, 4) is 12.1 Å². The Morgan fingerprint density at radius 2 is 0.735 bits per heavy atom. The van der Waals surface area contributed by atoms with Crippen LogP contribution < -0.4 is 43.2 Å². The molecule has 0 aromatic heterocycles. The Balaban J connectivity index is 0.000000871. The molecule has 0 spiro atoms. The third-order valence-corrected chi connectivity index (χ3v) is 17.5. The minimum atomic E-state index is -0.938. The molecule has 18 heteroatoms. The monoisotopic (exact) mass is 1330 g/mol. The lowest BCUT2D eigenvalue weighted by molar-refractivity contribution is -0.316. The number of rotatable bonds is 36. The molecule has 0 saturated heterocycles. The Hall–Kier alpha value is -9.50. The molecule has 8 amide bonds. The molecule has 9 aromatic rings. The van der Waals surface area contributed by atoms with E-state index < -0.39 is 24.1 Å². The van der Waals surface area contributed by atoms with E-state index in [4.69, 9.17) is 19.4 Å². The number of carbonyl (C=O) groups excluding carboxylic acids is 4. The summed E-state index contributed by atoms with van der Waals surface area (Å²) in [5, 5.41) is 33.7. The number of imide groups is 2. The van der Waals surface area contributed by atoms with Gasteiger partial charge in [-0.3, -0.25) is 10.6 Å². The summed E-state index contributed by atoms with van der Waals surface area (Å²) in [5.41, 5.74) is 27.8. The smallest absolute Gasteiger partial charge is 0.320 e. The van der Waals surface area contributed by atoms with Crippen molar-refractivity contribution in [2.45, 2.75) is 169 Å². The van der Waals surface area contributed by atoms with Crippen molar-refractivity contribution in [2.24, 2.45) is 22.9 Å². The third-order valence-electron chi connectivity index (χ3n) is 17.5. The van der Waals surface area contributed by atoms with Crippen LogP contribution >= 0.6 is 0 Å². The van der Waals surface area contributed by atoms with Crippen molar-refractivity contribution in [2.75, 3.05) is 26.4 Å². The van der Waals surface area contributed by atoms with Gasteiger partial charge >= 0.3 is 24.1 Å². The Morgan fingerprint density at radius 1 is 0.357 bits per heavy atom. The number of nitrogens with two attached hydrogens (primary N) is 4. The summed E-state index contributed by atoms with van der Waals surface area (Å²) in [5.74, 6) is 0. The molecule has 98 heavy (non-hydrogen) atoms. The number of hydrogen-bond donors (Lipinski definition) is 6. The second-order valence-electron chi connectivity index (χ2n) is 24.6. The minimum Gasteiger partial charge on any atom is -0.351 e. The molecular weight excluding hydrogens is 1230 g/mol. The Bertz CT molecular complexity index is 3980. The van der Waals surface area contributed by atoms with E-state index in [1.54, 1.807) is 10.6 Å². The molecule has 0 unspecified atom stereocenters. The molecule has 0 fully saturated rings. The highest BCUT2D eigenvalue weighted by molar-refractivity contribution is 6.35. The maximum atomic E-state index is 11.6. The van der Waals surface area contributed by atoms with E-state index in [0.29, 0.717) is 32.0 Å². The summed E-state index contributed by atoms with van der Waals surface area (Å²) in [6.45, 7) is 11.3. The van der Waals surface area contributed by atoms with Gasteiger partial charge in [0.05, 0.1) is 17.2 Å². The highest BCUT2D eigenvalue weighted by Gasteiger charge is 2.41. The van der Waals surface area contributed by atoms with Crippen LogP contribution in [0.1, 0.15) is 177 Å². The Kier molecular flexibility index (Phi) is 30.7. The number of aryl methyl sites for hydroxylation is 3. The lowest BCUT2D eigenvalue weighted by atomic mass is 9.80. The number of urea groups is 4. The summed E-state index contributed by atoms with van der Waals surface area (Å²) in [6, 6.07) is 57.2. The summed E-state index contributed by atoms with van der Waals surface area (Å²) in [7, 11) is 0. The summed E-state index contributed by atoms with van der Waals surface area (Å²) < 4.78 is 0. The van der Waals surface area contributed by atoms with E-state index in [9.17, 15) is 29.7 Å². The first-order valence-electron chi connectivity index (χ1n) is 35.1. The van der Waals surface area contributed by atoms with Gasteiger partial charge in [-0.2, -0.15) is 29.9 Å². The zero-order valence-electron chi connectivity index (χ0n) is 57.8. The number of amides is 8. The SMILES string of the molecule is CCCCCCO[N+](OCCCCCC)(c1ccccc1)c1ccc(CCCc2c(CCCc3ccc([N+](OCCCCCC)(OCCCCCC)c4ccccc4)cc3)c3cccc4c5c(C#N)ccc6cccc(c(c2C#N)c34)c65)cc1.NC(=O)NC(N)=O.NC(=O)NC(N)=O. The number of fused-ring (bicyclic) bond motifs is 2. The zero-order chi connectivity index (χ0) is 70.1. The normalized spacial score (nSPS) is 11.4. The number of primary amides is 4. The molecule has 0 radical (unpaired) electrons. The van der Waals surface area contributed by atoms with Crippen molar-refractivity contribution in [3.05, 3.63) is 191 Å². The molecule has 516 valence electrons. The molecule has 10 N–H and O–H groups in total. The average Bonchev–Trinajstić information content (AvgIpc) is 0.703. The first-order valence-corrected chi connectivity index (χ1v) is 35.1. The number of quaternary nitrogens is 2. The molecule has 0 atom stereocenters. The van der Waals surface area contributed by atoms with Gasteiger partial charge in [-0.25, -0.2) is 19.2 Å². The predicted molar refractivity (Wildman–Crippen MR) is 395 cm³/mol. The van der Waals surface area contributed by atoms with Gasteiger partial charge < -0.3 is 22.9 Å². The molecule has 0 aliphatic heterocycles. The predicted octanol–water partition coefficient (Wildman–Crippen LogP) is 18.6. The van der Waals surface area contributed by atoms with Crippen LogP contribution in [-0.2, 0) is 45.0 Å². The molecule has 0 heterocycles. The van der Waals surface area contributed by atoms with E-state index in [1.807, 2.05) is 12.1 Å². The standard InChI is InChI=1S/C76H90N4O4.2C2H5N3O2/c1-5-9-13-23-53-81-79(63-34-19-17-20-35-63,82-54-24-14-10-6-2)65-49-43-59(44-50-65)31-27-38-67-68(72(58-78)76-70-41-29-33-61-47-48-62(57-77)74(73(61)70)71-42-30-40-69(67)75(71)76)39-28-32-60-45-51-66(52-46-60)80(64-36-21-18-22-37-64,83-55-25-15-11-7-3)84-56-26-16-12-8-4;2*3-1(6)5-2(4)7/h17-22,29-30,33-37,40-52H,5-16,23-28,31-32,38-39,53-56H2,1-4H3;2*(H5,3,4,5,6,7)/q+2;;. The molecular formula is C80H100N10O8+2. The van der Waals surface area contributed by atoms with Gasteiger partial charge in [0.1, 0.15) is 32.5 Å². The molecule has 0 bridgehead atoms. The number of nitrogens with one attached hydrogen (secondary N) is 2. The molecule has 9 aromatic carbocycles. The Morgan fingerprint density at radius 3 is 1.11 bits per heavy atom. The van der Waals surface area contributed by atoms with Gasteiger partial charge in [0, 0.05) is 68.9 Å². The highest BCUT2D eigenvalue weighted by Crippen LogP contribution is 2.46. The van der Waals surface area contributed by atoms with Gasteiger partial charge in [0.2, 0.25) is 22.7 Å². The minimum absolute atomic E-state index is 0.0935. The van der Waals surface area contributed by atoms with Crippen LogP contribution in [0.2, 0.25) is 0 Å². The summed E-state index contributed by atoms with van der Waals surface area (Å²) >= 11 is 0. The topological polar surface area (TPSA) is 281 Å². The van der Waals surface area contributed by atoms with E-state index in [-0.39, 0.29) is 9.62 Å². The van der Waals surface area contributed by atoms with Crippen molar-refractivity contribution in [3.63, 3.8) is 0 Å². The quantitative estimate of drug-likeness (QED) is 0.00710. The fraction of sp³-hybridized carbons (Fsp3) is 0.375. The van der Waals surface area contributed by atoms with Crippen LogP contribution in [0.5, 0.6) is 0 Å². The lowest BCUT2D eigenvalue weighted by Gasteiger charge is -2.31. The van der Waals surface area contributed by atoms with E-state index in [2.05, 4.69) is 208 Å². The average molecular weight is 1330 g/mol. The third kappa shape index (κ3) is 20.5.